The molecule has 0 saturated carbocycles. The number of esters is 1. The molecule has 3 rings (SSSR count). The Kier molecular flexibility index (Phi) is 4.18. The Labute approximate surface area is 138 Å². The SMILES string of the molecule is CCOC(=O)c1cn2cc(-c3ccc(OC(F)(F)F)cc3)nc2s1. The second kappa shape index (κ2) is 6.16. The Bertz CT molecular complexity index is 837. The maximum absolute atomic E-state index is 12.1. The summed E-state index contributed by atoms with van der Waals surface area (Å²) >= 11 is 1.18. The number of rotatable bonds is 4. The fourth-order valence-corrected chi connectivity index (χ4v) is 2.92. The number of alkyl halides is 3. The molecule has 2 aromatic heterocycles. The molecule has 3 aromatic rings. The molecule has 0 unspecified atom stereocenters. The van der Waals surface area contributed by atoms with Crippen molar-refractivity contribution in [1.29, 1.82) is 0 Å². The van der Waals surface area contributed by atoms with Crippen molar-refractivity contribution < 1.29 is 27.4 Å². The Morgan fingerprint density at radius 1 is 1.25 bits per heavy atom. The highest BCUT2D eigenvalue weighted by Gasteiger charge is 2.31. The van der Waals surface area contributed by atoms with Crippen LogP contribution < -0.4 is 4.74 Å². The first-order valence-corrected chi connectivity index (χ1v) is 7.69. The molecule has 5 nitrogen and oxygen atoms in total. The summed E-state index contributed by atoms with van der Waals surface area (Å²) in [5.74, 6) is -0.708. The zero-order chi connectivity index (χ0) is 17.3. The molecule has 0 amide bonds. The molecule has 0 aliphatic carbocycles. The van der Waals surface area contributed by atoms with Crippen molar-refractivity contribution >= 4 is 22.3 Å². The number of ether oxygens (including phenoxy) is 2. The van der Waals surface area contributed by atoms with E-state index < -0.39 is 12.3 Å². The minimum Gasteiger partial charge on any atom is -0.462 e. The molecule has 0 fully saturated rings. The standard InChI is InChI=1S/C15H11F3N2O3S/c1-2-22-13(21)12-8-20-7-11(19-14(20)24-12)9-3-5-10(6-4-9)23-15(16,17)18/h3-8H,2H2,1H3. The first-order valence-electron chi connectivity index (χ1n) is 6.87. The van der Waals surface area contributed by atoms with Crippen LogP contribution in [-0.2, 0) is 4.74 Å². The van der Waals surface area contributed by atoms with Crippen molar-refractivity contribution in [2.45, 2.75) is 13.3 Å². The van der Waals surface area contributed by atoms with Crippen LogP contribution in [0.15, 0.2) is 36.7 Å². The van der Waals surface area contributed by atoms with Gasteiger partial charge in [0, 0.05) is 18.0 Å². The Morgan fingerprint density at radius 2 is 1.96 bits per heavy atom. The number of hydrogen-bond donors (Lipinski definition) is 0. The number of fused-ring (bicyclic) bond motifs is 1. The van der Waals surface area contributed by atoms with Gasteiger partial charge in [-0.25, -0.2) is 9.78 Å². The van der Waals surface area contributed by atoms with Crippen LogP contribution in [0.4, 0.5) is 13.2 Å². The van der Waals surface area contributed by atoms with E-state index in [-0.39, 0.29) is 12.4 Å². The van der Waals surface area contributed by atoms with Gasteiger partial charge in [-0.3, -0.25) is 4.40 Å². The maximum Gasteiger partial charge on any atom is 0.573 e. The zero-order valence-electron chi connectivity index (χ0n) is 12.3. The number of aromatic nitrogens is 2. The average molecular weight is 356 g/mol. The number of nitrogens with zero attached hydrogens (tertiary/aromatic N) is 2. The topological polar surface area (TPSA) is 52.8 Å². The summed E-state index contributed by atoms with van der Waals surface area (Å²) < 4.78 is 46.9. The monoisotopic (exact) mass is 356 g/mol. The summed E-state index contributed by atoms with van der Waals surface area (Å²) in [5, 5.41) is 0. The number of benzene rings is 1. The second-order valence-corrected chi connectivity index (χ2v) is 5.71. The molecule has 2 heterocycles. The summed E-state index contributed by atoms with van der Waals surface area (Å²) in [4.78, 5) is 17.0. The lowest BCUT2D eigenvalue weighted by Gasteiger charge is -2.08. The Balaban J connectivity index is 1.82. The van der Waals surface area contributed by atoms with Crippen LogP contribution in [0.1, 0.15) is 16.6 Å². The third-order valence-corrected chi connectivity index (χ3v) is 3.99. The van der Waals surface area contributed by atoms with E-state index in [2.05, 4.69) is 9.72 Å². The van der Waals surface area contributed by atoms with Crippen LogP contribution in [-0.4, -0.2) is 28.3 Å². The van der Waals surface area contributed by atoms with E-state index in [1.54, 1.807) is 23.7 Å². The molecule has 126 valence electrons. The van der Waals surface area contributed by atoms with Crippen molar-refractivity contribution in [2.75, 3.05) is 6.61 Å². The predicted molar refractivity (Wildman–Crippen MR) is 81.1 cm³/mol. The normalized spacial score (nSPS) is 11.7. The van der Waals surface area contributed by atoms with Gasteiger partial charge in [-0.05, 0) is 31.2 Å². The first-order chi connectivity index (χ1) is 11.4. The lowest BCUT2D eigenvalue weighted by molar-refractivity contribution is -0.274. The number of imidazole rings is 1. The number of hydrogen-bond acceptors (Lipinski definition) is 5. The highest BCUT2D eigenvalue weighted by atomic mass is 32.1. The lowest BCUT2D eigenvalue weighted by Crippen LogP contribution is -2.16. The van der Waals surface area contributed by atoms with Gasteiger partial charge in [0.25, 0.3) is 0 Å². The van der Waals surface area contributed by atoms with Gasteiger partial charge < -0.3 is 9.47 Å². The van der Waals surface area contributed by atoms with Gasteiger partial charge >= 0.3 is 12.3 Å². The predicted octanol–water partition coefficient (Wildman–Crippen LogP) is 4.14. The molecule has 0 atom stereocenters. The van der Waals surface area contributed by atoms with Crippen LogP contribution >= 0.6 is 11.3 Å². The average Bonchev–Trinajstić information content (AvgIpc) is 3.05. The van der Waals surface area contributed by atoms with Gasteiger partial charge in [-0.15, -0.1) is 13.2 Å². The number of thiazole rings is 1. The van der Waals surface area contributed by atoms with Crippen molar-refractivity contribution in [2.24, 2.45) is 0 Å². The lowest BCUT2D eigenvalue weighted by atomic mass is 10.2. The van der Waals surface area contributed by atoms with Gasteiger partial charge in [0.05, 0.1) is 12.3 Å². The molecule has 0 saturated heterocycles. The molecule has 0 aliphatic heterocycles. The molecule has 9 heteroatoms. The fourth-order valence-electron chi connectivity index (χ4n) is 2.06. The Morgan fingerprint density at radius 3 is 2.54 bits per heavy atom. The van der Waals surface area contributed by atoms with Crippen LogP contribution in [0.2, 0.25) is 0 Å². The van der Waals surface area contributed by atoms with E-state index in [0.717, 1.165) is 0 Å². The largest absolute Gasteiger partial charge is 0.573 e. The van der Waals surface area contributed by atoms with Crippen molar-refractivity contribution in [1.82, 2.24) is 9.38 Å². The zero-order valence-corrected chi connectivity index (χ0v) is 13.1. The number of halogens is 3. The third kappa shape index (κ3) is 3.51. The smallest absolute Gasteiger partial charge is 0.462 e. The van der Waals surface area contributed by atoms with Gasteiger partial charge in [0.1, 0.15) is 10.6 Å². The molecular weight excluding hydrogens is 345 g/mol. The first kappa shape index (κ1) is 16.3. The molecule has 0 aliphatic rings. The van der Waals surface area contributed by atoms with Crippen LogP contribution in [0, 0.1) is 0 Å². The van der Waals surface area contributed by atoms with E-state index in [1.807, 2.05) is 0 Å². The Hall–Kier alpha value is -2.55. The van der Waals surface area contributed by atoms with Gasteiger partial charge in [-0.1, -0.05) is 11.3 Å². The number of carbonyl (C=O) groups is 1. The van der Waals surface area contributed by atoms with E-state index >= 15 is 0 Å². The van der Waals surface area contributed by atoms with Crippen molar-refractivity contribution in [3.05, 3.63) is 41.5 Å². The van der Waals surface area contributed by atoms with E-state index in [0.29, 0.717) is 21.1 Å². The highest BCUT2D eigenvalue weighted by Crippen LogP contribution is 2.28. The van der Waals surface area contributed by atoms with Gasteiger partial charge in [0.15, 0.2) is 4.96 Å². The summed E-state index contributed by atoms with van der Waals surface area (Å²) in [7, 11) is 0. The fraction of sp³-hybridized carbons (Fsp3) is 0.200. The second-order valence-electron chi connectivity index (χ2n) is 4.70. The molecule has 0 N–H and O–H groups in total. The minimum atomic E-state index is -4.72. The van der Waals surface area contributed by atoms with Crippen LogP contribution in [0.25, 0.3) is 16.2 Å². The molecule has 1 aromatic carbocycles. The van der Waals surface area contributed by atoms with Crippen LogP contribution in [0.3, 0.4) is 0 Å². The summed E-state index contributed by atoms with van der Waals surface area (Å²) in [6.45, 7) is 2.01. The van der Waals surface area contributed by atoms with E-state index in [4.69, 9.17) is 4.74 Å². The molecule has 0 spiro atoms. The van der Waals surface area contributed by atoms with E-state index in [1.165, 1.54) is 35.6 Å². The van der Waals surface area contributed by atoms with E-state index in [9.17, 15) is 18.0 Å². The summed E-state index contributed by atoms with van der Waals surface area (Å²) in [5.41, 5.74) is 1.22. The molecule has 0 radical (unpaired) electrons. The van der Waals surface area contributed by atoms with Crippen molar-refractivity contribution in [3.8, 4) is 17.0 Å². The summed E-state index contributed by atoms with van der Waals surface area (Å²) in [6.07, 6.45) is -1.42. The van der Waals surface area contributed by atoms with Gasteiger partial charge in [-0.2, -0.15) is 0 Å². The van der Waals surface area contributed by atoms with Crippen molar-refractivity contribution in [3.63, 3.8) is 0 Å². The molecule has 24 heavy (non-hydrogen) atoms. The van der Waals surface area contributed by atoms with Crippen LogP contribution in [0.5, 0.6) is 5.75 Å². The molecule has 0 bridgehead atoms. The minimum absolute atomic E-state index is 0.288. The maximum atomic E-state index is 12.1. The quantitative estimate of drug-likeness (QED) is 0.660. The number of carbonyl (C=O) groups excluding carboxylic acids is 1. The third-order valence-electron chi connectivity index (χ3n) is 3.02. The molecular formula is C15H11F3N2O3S. The summed E-state index contributed by atoms with van der Waals surface area (Å²) in [6, 6.07) is 5.42. The van der Waals surface area contributed by atoms with Gasteiger partial charge in [0.2, 0.25) is 0 Å². The highest BCUT2D eigenvalue weighted by molar-refractivity contribution is 7.18.